The second kappa shape index (κ2) is 11.3. The van der Waals surface area contributed by atoms with Crippen LogP contribution in [0.15, 0.2) is 41.8 Å². The van der Waals surface area contributed by atoms with Gasteiger partial charge in [0.15, 0.2) is 0 Å². The van der Waals surface area contributed by atoms with Crippen molar-refractivity contribution in [3.05, 3.63) is 58.4 Å². The number of rotatable bonds is 8. The number of allylic oxidation sites excluding steroid dienone is 3. The summed E-state index contributed by atoms with van der Waals surface area (Å²) in [4.78, 5) is 27.4. The van der Waals surface area contributed by atoms with Crippen molar-refractivity contribution in [2.24, 2.45) is 5.92 Å². The third-order valence-corrected chi connectivity index (χ3v) is 6.41. The molecule has 0 radical (unpaired) electrons. The lowest BCUT2D eigenvalue weighted by molar-refractivity contribution is -0.142. The molecule has 0 saturated carbocycles. The third-order valence-electron chi connectivity index (χ3n) is 6.41. The fourth-order valence-corrected chi connectivity index (χ4v) is 4.49. The second-order valence-electron chi connectivity index (χ2n) is 9.18. The van der Waals surface area contributed by atoms with Gasteiger partial charge in [-0.1, -0.05) is 24.6 Å². The monoisotopic (exact) mass is 498 g/mol. The molecular weight excluding hydrogens is 468 g/mol. The lowest BCUT2D eigenvalue weighted by Gasteiger charge is -2.40. The third kappa shape index (κ3) is 7.38. The molecule has 1 fully saturated rings. The number of carbonyl (C=O) groups is 2. The van der Waals surface area contributed by atoms with Crippen LogP contribution in [0.25, 0.3) is 0 Å². The molecule has 1 N–H and O–H groups in total. The van der Waals surface area contributed by atoms with Crippen LogP contribution < -0.4 is 0 Å². The van der Waals surface area contributed by atoms with Crippen molar-refractivity contribution in [2.75, 3.05) is 26.2 Å². The van der Waals surface area contributed by atoms with Gasteiger partial charge in [0.1, 0.15) is 12.4 Å². The number of ether oxygens (including phenoxy) is 1. The minimum atomic E-state index is -4.50. The summed E-state index contributed by atoms with van der Waals surface area (Å²) < 4.78 is 58.4. The maximum Gasteiger partial charge on any atom is 0.416 e. The van der Waals surface area contributed by atoms with Crippen LogP contribution in [0, 0.1) is 5.92 Å². The summed E-state index contributed by atoms with van der Waals surface area (Å²) in [6.07, 6.45) is -0.927. The number of alkyl halides is 3. The summed E-state index contributed by atoms with van der Waals surface area (Å²) in [6.45, 7) is 4.71. The number of amides is 1. The number of carbonyl (C=O) groups excluding carboxylic acids is 1. The van der Waals surface area contributed by atoms with Crippen molar-refractivity contribution in [1.29, 1.82) is 0 Å². The van der Waals surface area contributed by atoms with Crippen LogP contribution in [-0.4, -0.2) is 59.1 Å². The zero-order valence-electron chi connectivity index (χ0n) is 19.8. The molecule has 1 amide bonds. The predicted octanol–water partition coefficient (Wildman–Crippen LogP) is 4.55. The predicted molar refractivity (Wildman–Crippen MR) is 121 cm³/mol. The van der Waals surface area contributed by atoms with Crippen molar-refractivity contribution in [1.82, 2.24) is 9.80 Å². The standard InChI is InChI=1S/C25H30F4N2O4/c1-16-9-22(26)6-4-18(16)11-23(32)31-8-7-30(12-17(31)2)13-20-10-21(25(27,28)29)5-3-19(20)14-35-15-24(33)34/h3-6,10,16-17H,7-9,11-15H2,1-2H3,(H,33,34)/t16?,17-/m0/s1. The number of hydrogen-bond donors (Lipinski definition) is 1. The normalized spacial score (nSPS) is 21.5. The Kier molecular flexibility index (Phi) is 8.71. The summed E-state index contributed by atoms with van der Waals surface area (Å²) in [7, 11) is 0. The first-order chi connectivity index (χ1) is 16.4. The van der Waals surface area contributed by atoms with E-state index < -0.39 is 24.3 Å². The van der Waals surface area contributed by atoms with Crippen LogP contribution in [0.4, 0.5) is 17.6 Å². The van der Waals surface area contributed by atoms with Crippen molar-refractivity contribution in [3.8, 4) is 0 Å². The van der Waals surface area contributed by atoms with Gasteiger partial charge in [0.05, 0.1) is 12.2 Å². The van der Waals surface area contributed by atoms with Gasteiger partial charge in [0, 0.05) is 45.1 Å². The summed E-state index contributed by atoms with van der Waals surface area (Å²) in [5, 5.41) is 8.76. The van der Waals surface area contributed by atoms with Crippen LogP contribution in [0.1, 0.15) is 43.4 Å². The van der Waals surface area contributed by atoms with E-state index >= 15 is 0 Å². The molecular formula is C25H30F4N2O4. The molecule has 0 spiro atoms. The summed E-state index contributed by atoms with van der Waals surface area (Å²) >= 11 is 0. The molecule has 1 heterocycles. The minimum absolute atomic E-state index is 0.0387. The SMILES string of the molecule is CC1CC(F)=CC=C1CC(=O)N1CCN(Cc2cc(C(F)(F)F)ccc2COCC(=O)O)C[C@@H]1C. The Hall–Kier alpha value is -2.72. The molecule has 3 rings (SSSR count). The molecule has 0 aromatic heterocycles. The quantitative estimate of drug-likeness (QED) is 0.533. The van der Waals surface area contributed by atoms with Crippen molar-refractivity contribution in [3.63, 3.8) is 0 Å². The van der Waals surface area contributed by atoms with Crippen molar-refractivity contribution >= 4 is 11.9 Å². The zero-order valence-corrected chi connectivity index (χ0v) is 19.8. The number of carboxylic acids is 1. The van der Waals surface area contributed by atoms with Crippen LogP contribution in [0.5, 0.6) is 0 Å². The molecule has 1 aromatic rings. The van der Waals surface area contributed by atoms with Crippen LogP contribution in [-0.2, 0) is 33.7 Å². The lowest BCUT2D eigenvalue weighted by atomic mass is 9.90. The average Bonchev–Trinajstić information content (AvgIpc) is 2.75. The lowest BCUT2D eigenvalue weighted by Crippen LogP contribution is -2.53. The zero-order chi connectivity index (χ0) is 25.8. The topological polar surface area (TPSA) is 70.1 Å². The van der Waals surface area contributed by atoms with E-state index in [1.54, 1.807) is 11.0 Å². The van der Waals surface area contributed by atoms with Crippen LogP contribution in [0.2, 0.25) is 0 Å². The van der Waals surface area contributed by atoms with Gasteiger partial charge >= 0.3 is 12.1 Å². The van der Waals surface area contributed by atoms with Gasteiger partial charge in [-0.2, -0.15) is 13.2 Å². The van der Waals surface area contributed by atoms with Gasteiger partial charge in [0.2, 0.25) is 5.91 Å². The van der Waals surface area contributed by atoms with Gasteiger partial charge < -0.3 is 14.7 Å². The molecule has 10 heteroatoms. The average molecular weight is 499 g/mol. The molecule has 1 aliphatic heterocycles. The molecule has 1 aliphatic carbocycles. The number of benzene rings is 1. The first kappa shape index (κ1) is 26.9. The maximum atomic E-state index is 13.4. The van der Waals surface area contributed by atoms with Gasteiger partial charge in [-0.3, -0.25) is 9.69 Å². The Bertz CT molecular complexity index is 1010. The van der Waals surface area contributed by atoms with E-state index in [4.69, 9.17) is 9.84 Å². The number of piperazine rings is 1. The van der Waals surface area contributed by atoms with E-state index in [1.165, 1.54) is 12.1 Å². The van der Waals surface area contributed by atoms with E-state index in [0.29, 0.717) is 30.8 Å². The number of halogens is 4. The summed E-state index contributed by atoms with van der Waals surface area (Å²) in [6, 6.07) is 3.20. The first-order valence-corrected chi connectivity index (χ1v) is 11.5. The van der Waals surface area contributed by atoms with Gasteiger partial charge in [-0.25, -0.2) is 9.18 Å². The van der Waals surface area contributed by atoms with Gasteiger partial charge in [-0.05, 0) is 42.2 Å². The van der Waals surface area contributed by atoms with Crippen LogP contribution in [0.3, 0.4) is 0 Å². The fourth-order valence-electron chi connectivity index (χ4n) is 4.49. The van der Waals surface area contributed by atoms with Gasteiger partial charge in [0.25, 0.3) is 0 Å². The molecule has 0 bridgehead atoms. The molecule has 1 aromatic carbocycles. The molecule has 6 nitrogen and oxygen atoms in total. The van der Waals surface area contributed by atoms with Crippen molar-refractivity contribution in [2.45, 2.75) is 52.1 Å². The number of nitrogens with zero attached hydrogens (tertiary/aromatic N) is 2. The number of hydrogen-bond acceptors (Lipinski definition) is 4. The van der Waals surface area contributed by atoms with E-state index in [0.717, 1.165) is 17.7 Å². The Morgan fingerprint density at radius 3 is 2.51 bits per heavy atom. The number of carboxylic acid groups (broad SMARTS) is 1. The van der Waals surface area contributed by atoms with E-state index in [-0.39, 0.29) is 49.7 Å². The molecule has 2 aliphatic rings. The van der Waals surface area contributed by atoms with E-state index in [1.807, 2.05) is 18.7 Å². The Labute approximate surface area is 201 Å². The highest BCUT2D eigenvalue weighted by molar-refractivity contribution is 5.79. The summed E-state index contributed by atoms with van der Waals surface area (Å²) in [5.41, 5.74) is 1.01. The molecule has 1 unspecified atom stereocenters. The maximum absolute atomic E-state index is 13.4. The van der Waals surface area contributed by atoms with E-state index in [2.05, 4.69) is 0 Å². The van der Waals surface area contributed by atoms with Crippen molar-refractivity contribution < 1.29 is 37.0 Å². The Morgan fingerprint density at radius 2 is 1.89 bits per heavy atom. The van der Waals surface area contributed by atoms with Gasteiger partial charge in [-0.15, -0.1) is 0 Å². The smallest absolute Gasteiger partial charge is 0.416 e. The first-order valence-electron chi connectivity index (χ1n) is 11.5. The Balaban J connectivity index is 1.66. The van der Waals surface area contributed by atoms with E-state index in [9.17, 15) is 27.2 Å². The molecule has 1 saturated heterocycles. The molecule has 192 valence electrons. The Morgan fingerprint density at radius 1 is 1.14 bits per heavy atom. The highest BCUT2D eigenvalue weighted by Gasteiger charge is 2.32. The summed E-state index contributed by atoms with van der Waals surface area (Å²) in [5.74, 6) is -1.44. The second-order valence-corrected chi connectivity index (χ2v) is 9.18. The highest BCUT2D eigenvalue weighted by Crippen LogP contribution is 2.32. The minimum Gasteiger partial charge on any atom is -0.480 e. The van der Waals surface area contributed by atoms with Crippen LogP contribution >= 0.6 is 0 Å². The molecule has 35 heavy (non-hydrogen) atoms. The highest BCUT2D eigenvalue weighted by atomic mass is 19.4. The fraction of sp³-hybridized carbons (Fsp3) is 0.520. The number of aliphatic carboxylic acids is 1. The molecule has 2 atom stereocenters. The largest absolute Gasteiger partial charge is 0.480 e.